The first kappa shape index (κ1) is 23.4. The molecule has 1 fully saturated rings. The van der Waals surface area contributed by atoms with Crippen molar-refractivity contribution >= 4 is 17.5 Å². The Morgan fingerprint density at radius 1 is 1.18 bits per heavy atom. The predicted octanol–water partition coefficient (Wildman–Crippen LogP) is 4.14. The molecule has 4 rings (SSSR count). The van der Waals surface area contributed by atoms with Crippen LogP contribution >= 0.6 is 11.6 Å². The van der Waals surface area contributed by atoms with Crippen molar-refractivity contribution in [1.29, 1.82) is 0 Å². The molecule has 0 bridgehead atoms. The number of carbonyl (C=O) groups is 1. The highest BCUT2D eigenvalue weighted by Crippen LogP contribution is 2.24. The van der Waals surface area contributed by atoms with Crippen molar-refractivity contribution in [3.63, 3.8) is 0 Å². The zero-order valence-electron chi connectivity index (χ0n) is 18.9. The van der Waals surface area contributed by atoms with E-state index < -0.39 is 0 Å². The maximum absolute atomic E-state index is 13.9. The Balaban J connectivity index is 1.50. The summed E-state index contributed by atoms with van der Waals surface area (Å²) in [6.07, 6.45) is 0. The average Bonchev–Trinajstić information content (AvgIpc) is 3.09. The zero-order valence-corrected chi connectivity index (χ0v) is 19.6. The van der Waals surface area contributed by atoms with Gasteiger partial charge in [-0.25, -0.2) is 9.07 Å². The number of halogens is 2. The summed E-state index contributed by atoms with van der Waals surface area (Å²) >= 11 is 6.57. The number of aryl methyl sites for hydroxylation is 2. The van der Waals surface area contributed by atoms with Crippen molar-refractivity contribution in [2.75, 3.05) is 32.8 Å². The minimum atomic E-state index is -0.298. The molecule has 1 saturated heterocycles. The molecule has 0 aliphatic carbocycles. The van der Waals surface area contributed by atoms with E-state index >= 15 is 0 Å². The number of hydrogen-bond donors (Lipinski definition) is 1. The third kappa shape index (κ3) is 5.61. The van der Waals surface area contributed by atoms with Crippen molar-refractivity contribution in [2.24, 2.45) is 0 Å². The molecule has 2 heterocycles. The SMILES string of the molecule is Cc1ccc(Cn2nc(C)c(C(=O)NCC(c3cccc(F)c3)N3CCOCC3)c2Cl)cc1. The van der Waals surface area contributed by atoms with Gasteiger partial charge in [0.15, 0.2) is 0 Å². The van der Waals surface area contributed by atoms with Crippen LogP contribution in [0, 0.1) is 19.7 Å². The molecule has 8 heteroatoms. The van der Waals surface area contributed by atoms with Gasteiger partial charge in [-0.2, -0.15) is 5.10 Å². The van der Waals surface area contributed by atoms with Crippen LogP contribution in [0.4, 0.5) is 4.39 Å². The van der Waals surface area contributed by atoms with Crippen LogP contribution in [-0.4, -0.2) is 53.4 Å². The van der Waals surface area contributed by atoms with E-state index in [9.17, 15) is 9.18 Å². The molecule has 6 nitrogen and oxygen atoms in total. The highest BCUT2D eigenvalue weighted by atomic mass is 35.5. The van der Waals surface area contributed by atoms with E-state index in [-0.39, 0.29) is 17.8 Å². The Bertz CT molecular complexity index is 1110. The van der Waals surface area contributed by atoms with Crippen molar-refractivity contribution in [1.82, 2.24) is 20.0 Å². The highest BCUT2D eigenvalue weighted by Gasteiger charge is 2.26. The second-order valence-electron chi connectivity index (χ2n) is 8.32. The Morgan fingerprint density at radius 2 is 1.91 bits per heavy atom. The number of benzene rings is 2. The summed E-state index contributed by atoms with van der Waals surface area (Å²) < 4.78 is 21.0. The molecule has 0 radical (unpaired) electrons. The second kappa shape index (κ2) is 10.5. The van der Waals surface area contributed by atoms with Gasteiger partial charge in [-0.15, -0.1) is 0 Å². The largest absolute Gasteiger partial charge is 0.379 e. The molecule has 0 saturated carbocycles. The lowest BCUT2D eigenvalue weighted by Gasteiger charge is -2.35. The van der Waals surface area contributed by atoms with Crippen LogP contribution in [-0.2, 0) is 11.3 Å². The van der Waals surface area contributed by atoms with Crippen molar-refractivity contribution < 1.29 is 13.9 Å². The first-order valence-electron chi connectivity index (χ1n) is 11.1. The fraction of sp³-hybridized carbons (Fsp3) is 0.360. The summed E-state index contributed by atoms with van der Waals surface area (Å²) in [6, 6.07) is 14.5. The number of morpholine rings is 1. The molecule has 1 aliphatic heterocycles. The minimum Gasteiger partial charge on any atom is -0.379 e. The Hall–Kier alpha value is -2.74. The molecule has 1 aliphatic rings. The summed E-state index contributed by atoms with van der Waals surface area (Å²) in [6.45, 7) is 7.25. The van der Waals surface area contributed by atoms with E-state index in [4.69, 9.17) is 16.3 Å². The zero-order chi connectivity index (χ0) is 23.4. The number of aromatic nitrogens is 2. The lowest BCUT2D eigenvalue weighted by atomic mass is 10.0. The molecule has 1 amide bonds. The topological polar surface area (TPSA) is 59.4 Å². The third-order valence-corrected chi connectivity index (χ3v) is 6.31. The van der Waals surface area contributed by atoms with Crippen LogP contribution < -0.4 is 5.32 Å². The van der Waals surface area contributed by atoms with Crippen LogP contribution in [0.25, 0.3) is 0 Å². The molecule has 1 aromatic heterocycles. The Labute approximate surface area is 198 Å². The fourth-order valence-corrected chi connectivity index (χ4v) is 4.44. The number of amides is 1. The van der Waals surface area contributed by atoms with Crippen molar-refractivity contribution in [3.8, 4) is 0 Å². The normalized spacial score (nSPS) is 15.4. The molecule has 2 aromatic carbocycles. The molecule has 1 unspecified atom stereocenters. The molecular formula is C25H28ClFN4O2. The Morgan fingerprint density at radius 3 is 2.61 bits per heavy atom. The summed E-state index contributed by atoms with van der Waals surface area (Å²) in [7, 11) is 0. The van der Waals surface area contributed by atoms with Crippen LogP contribution in [0.2, 0.25) is 5.15 Å². The van der Waals surface area contributed by atoms with Gasteiger partial charge in [-0.3, -0.25) is 9.69 Å². The smallest absolute Gasteiger partial charge is 0.256 e. The van der Waals surface area contributed by atoms with Gasteiger partial charge in [0.05, 0.1) is 37.1 Å². The van der Waals surface area contributed by atoms with E-state index in [0.29, 0.717) is 55.8 Å². The van der Waals surface area contributed by atoms with E-state index in [1.807, 2.05) is 37.3 Å². The number of nitrogens with one attached hydrogen (secondary N) is 1. The molecule has 33 heavy (non-hydrogen) atoms. The third-order valence-electron chi connectivity index (χ3n) is 5.92. The average molecular weight is 471 g/mol. The summed E-state index contributed by atoms with van der Waals surface area (Å²) in [5.74, 6) is -0.587. The van der Waals surface area contributed by atoms with Gasteiger partial charge >= 0.3 is 0 Å². The summed E-state index contributed by atoms with van der Waals surface area (Å²) in [5, 5.41) is 7.79. The first-order chi connectivity index (χ1) is 15.9. The quantitative estimate of drug-likeness (QED) is 0.563. The minimum absolute atomic E-state index is 0.171. The van der Waals surface area contributed by atoms with Gasteiger partial charge < -0.3 is 10.1 Å². The maximum Gasteiger partial charge on any atom is 0.256 e. The van der Waals surface area contributed by atoms with Gasteiger partial charge in [0.2, 0.25) is 0 Å². The number of carbonyl (C=O) groups excluding carboxylic acids is 1. The highest BCUT2D eigenvalue weighted by molar-refractivity contribution is 6.33. The predicted molar refractivity (Wildman–Crippen MR) is 126 cm³/mol. The number of hydrogen-bond acceptors (Lipinski definition) is 4. The number of ether oxygens (including phenoxy) is 1. The van der Waals surface area contributed by atoms with Crippen LogP contribution in [0.1, 0.15) is 38.8 Å². The molecule has 3 aromatic rings. The fourth-order valence-electron chi connectivity index (χ4n) is 4.12. The lowest BCUT2D eigenvalue weighted by Crippen LogP contribution is -2.44. The monoisotopic (exact) mass is 470 g/mol. The van der Waals surface area contributed by atoms with Gasteiger partial charge in [-0.05, 0) is 37.1 Å². The summed E-state index contributed by atoms with van der Waals surface area (Å²) in [5.41, 5.74) is 3.97. The van der Waals surface area contributed by atoms with E-state index in [1.165, 1.54) is 17.7 Å². The van der Waals surface area contributed by atoms with Crippen molar-refractivity contribution in [3.05, 3.63) is 87.4 Å². The molecule has 0 spiro atoms. The first-order valence-corrected chi connectivity index (χ1v) is 11.4. The van der Waals surface area contributed by atoms with Crippen LogP contribution in [0.5, 0.6) is 0 Å². The van der Waals surface area contributed by atoms with E-state index in [1.54, 1.807) is 17.7 Å². The molecular weight excluding hydrogens is 443 g/mol. The van der Waals surface area contributed by atoms with Gasteiger partial charge in [0.1, 0.15) is 11.0 Å². The van der Waals surface area contributed by atoms with E-state index in [0.717, 1.165) is 11.1 Å². The number of rotatable bonds is 7. The second-order valence-corrected chi connectivity index (χ2v) is 8.68. The van der Waals surface area contributed by atoms with Crippen molar-refractivity contribution in [2.45, 2.75) is 26.4 Å². The van der Waals surface area contributed by atoms with E-state index in [2.05, 4.69) is 15.3 Å². The molecule has 1 atom stereocenters. The van der Waals surface area contributed by atoms with Crippen LogP contribution in [0.15, 0.2) is 48.5 Å². The molecule has 174 valence electrons. The molecule has 1 N–H and O–H groups in total. The lowest BCUT2D eigenvalue weighted by molar-refractivity contribution is 0.0162. The van der Waals surface area contributed by atoms with Gasteiger partial charge in [0.25, 0.3) is 5.91 Å². The van der Waals surface area contributed by atoms with Gasteiger partial charge in [0, 0.05) is 19.6 Å². The number of nitrogens with zero attached hydrogens (tertiary/aromatic N) is 3. The van der Waals surface area contributed by atoms with Crippen LogP contribution in [0.3, 0.4) is 0 Å². The summed E-state index contributed by atoms with van der Waals surface area (Å²) in [4.78, 5) is 15.3. The van der Waals surface area contributed by atoms with Gasteiger partial charge in [-0.1, -0.05) is 53.6 Å². The standard InChI is InChI=1S/C25H28ClFN4O2/c1-17-6-8-19(9-7-17)16-31-24(26)23(18(2)29-31)25(32)28-15-22(30-10-12-33-13-11-30)20-4-3-5-21(27)14-20/h3-9,14,22H,10-13,15-16H2,1-2H3,(H,28,32). The maximum atomic E-state index is 13.9. The Kier molecular flexibility index (Phi) is 7.42.